The fraction of sp³-hybridized carbons (Fsp3) is 0.529. The summed E-state index contributed by atoms with van der Waals surface area (Å²) >= 11 is 0. The topological polar surface area (TPSA) is 58.5 Å². The molecule has 0 saturated carbocycles. The van der Waals surface area contributed by atoms with Gasteiger partial charge in [0, 0.05) is 25.1 Å². The van der Waals surface area contributed by atoms with Gasteiger partial charge in [-0.1, -0.05) is 6.07 Å². The van der Waals surface area contributed by atoms with Crippen molar-refractivity contribution in [1.82, 2.24) is 9.97 Å². The summed E-state index contributed by atoms with van der Waals surface area (Å²) in [5.41, 5.74) is 0.612. The van der Waals surface area contributed by atoms with Crippen LogP contribution in [0.25, 0.3) is 10.9 Å². The van der Waals surface area contributed by atoms with E-state index in [-0.39, 0.29) is 23.9 Å². The van der Waals surface area contributed by atoms with Gasteiger partial charge < -0.3 is 14.7 Å². The van der Waals surface area contributed by atoms with Gasteiger partial charge in [0.15, 0.2) is 0 Å². The third-order valence-corrected chi connectivity index (χ3v) is 5.02. The first kappa shape index (κ1) is 14.8. The lowest BCUT2D eigenvalue weighted by Crippen LogP contribution is -2.46. The van der Waals surface area contributed by atoms with Gasteiger partial charge in [-0.05, 0) is 31.4 Å². The van der Waals surface area contributed by atoms with E-state index in [9.17, 15) is 9.50 Å². The molecule has 1 aromatic carbocycles. The Morgan fingerprint density at radius 3 is 3.04 bits per heavy atom. The molecule has 6 heteroatoms. The Balaban J connectivity index is 1.74. The van der Waals surface area contributed by atoms with Crippen LogP contribution in [-0.2, 0) is 4.74 Å². The molecule has 0 spiro atoms. The first-order valence-corrected chi connectivity index (χ1v) is 8.17. The van der Waals surface area contributed by atoms with Gasteiger partial charge in [0.25, 0.3) is 0 Å². The number of hydrogen-bond acceptors (Lipinski definition) is 5. The van der Waals surface area contributed by atoms with Gasteiger partial charge in [0.05, 0.1) is 23.6 Å². The highest BCUT2D eigenvalue weighted by Gasteiger charge is 2.38. The molecule has 0 aliphatic carbocycles. The quantitative estimate of drug-likeness (QED) is 0.919. The lowest BCUT2D eigenvalue weighted by atomic mass is 9.89. The highest BCUT2D eigenvalue weighted by molar-refractivity contribution is 5.90. The lowest BCUT2D eigenvalue weighted by molar-refractivity contribution is -0.0438. The second-order valence-corrected chi connectivity index (χ2v) is 6.33. The van der Waals surface area contributed by atoms with Crippen molar-refractivity contribution in [2.75, 3.05) is 24.7 Å². The largest absolute Gasteiger partial charge is 0.393 e. The average molecular weight is 317 g/mol. The average Bonchev–Trinajstić information content (AvgIpc) is 3.04. The highest BCUT2D eigenvalue weighted by atomic mass is 19.1. The predicted octanol–water partition coefficient (Wildman–Crippen LogP) is 2.14. The SMILES string of the molecule is OC1CCOCC1C1CCCN1c1ncnc2cccc(F)c12. The standard InChI is InChI=1S/C17H20FN3O2/c18-12-3-1-4-13-16(12)17(20-10-19-13)21-7-2-5-14(21)11-9-23-8-6-15(11)22/h1,3-4,10-11,14-15,22H,2,5-9H2. The molecule has 122 valence electrons. The fourth-order valence-electron chi connectivity index (χ4n) is 3.89. The second-order valence-electron chi connectivity index (χ2n) is 6.33. The number of aromatic nitrogens is 2. The number of ether oxygens (including phenoxy) is 1. The summed E-state index contributed by atoms with van der Waals surface area (Å²) in [6, 6.07) is 5.03. The molecule has 2 saturated heterocycles. The molecule has 3 atom stereocenters. The minimum atomic E-state index is -0.368. The van der Waals surface area contributed by atoms with Crippen molar-refractivity contribution in [3.8, 4) is 0 Å². The number of benzene rings is 1. The Labute approximate surface area is 134 Å². The Bertz CT molecular complexity index is 706. The predicted molar refractivity (Wildman–Crippen MR) is 84.8 cm³/mol. The van der Waals surface area contributed by atoms with E-state index in [1.165, 1.54) is 12.4 Å². The fourth-order valence-corrected chi connectivity index (χ4v) is 3.89. The number of nitrogens with zero attached hydrogens (tertiary/aromatic N) is 3. The molecular formula is C17H20FN3O2. The van der Waals surface area contributed by atoms with E-state index < -0.39 is 0 Å². The van der Waals surface area contributed by atoms with Gasteiger partial charge in [-0.3, -0.25) is 0 Å². The van der Waals surface area contributed by atoms with Crippen LogP contribution in [0, 0.1) is 11.7 Å². The zero-order valence-corrected chi connectivity index (χ0v) is 12.9. The Morgan fingerprint density at radius 1 is 1.26 bits per heavy atom. The van der Waals surface area contributed by atoms with Crippen LogP contribution in [0.3, 0.4) is 0 Å². The van der Waals surface area contributed by atoms with E-state index in [0.717, 1.165) is 19.4 Å². The molecule has 0 bridgehead atoms. The smallest absolute Gasteiger partial charge is 0.143 e. The molecule has 3 heterocycles. The molecule has 2 fully saturated rings. The number of rotatable bonds is 2. The molecular weight excluding hydrogens is 297 g/mol. The van der Waals surface area contributed by atoms with Crippen LogP contribution < -0.4 is 4.90 Å². The summed E-state index contributed by atoms with van der Waals surface area (Å²) in [6.45, 7) is 1.97. The number of anilines is 1. The Kier molecular flexibility index (Phi) is 3.87. The van der Waals surface area contributed by atoms with E-state index in [2.05, 4.69) is 14.9 Å². The minimum absolute atomic E-state index is 0.0445. The molecule has 4 rings (SSSR count). The zero-order valence-electron chi connectivity index (χ0n) is 12.9. The third kappa shape index (κ3) is 2.56. The summed E-state index contributed by atoms with van der Waals surface area (Å²) in [5, 5.41) is 10.8. The van der Waals surface area contributed by atoms with Crippen LogP contribution in [0.5, 0.6) is 0 Å². The molecule has 1 aromatic heterocycles. The lowest BCUT2D eigenvalue weighted by Gasteiger charge is -2.37. The van der Waals surface area contributed by atoms with Crippen molar-refractivity contribution < 1.29 is 14.2 Å². The highest BCUT2D eigenvalue weighted by Crippen LogP contribution is 2.36. The molecule has 2 aliphatic heterocycles. The number of fused-ring (bicyclic) bond motifs is 1. The molecule has 3 unspecified atom stereocenters. The first-order chi connectivity index (χ1) is 11.3. The number of halogens is 1. The van der Waals surface area contributed by atoms with Gasteiger partial charge in [-0.2, -0.15) is 0 Å². The van der Waals surface area contributed by atoms with E-state index in [1.54, 1.807) is 12.1 Å². The molecule has 0 radical (unpaired) electrons. The monoisotopic (exact) mass is 317 g/mol. The maximum absolute atomic E-state index is 14.4. The normalized spacial score (nSPS) is 28.4. The van der Waals surface area contributed by atoms with Crippen molar-refractivity contribution in [2.24, 2.45) is 5.92 Å². The van der Waals surface area contributed by atoms with Crippen LogP contribution in [0.4, 0.5) is 10.2 Å². The van der Waals surface area contributed by atoms with E-state index in [4.69, 9.17) is 4.74 Å². The van der Waals surface area contributed by atoms with E-state index >= 15 is 0 Å². The number of hydrogen-bond donors (Lipinski definition) is 1. The van der Waals surface area contributed by atoms with Crippen LogP contribution in [0.1, 0.15) is 19.3 Å². The summed E-state index contributed by atoms with van der Waals surface area (Å²) in [6.07, 6.45) is 3.75. The van der Waals surface area contributed by atoms with Gasteiger partial charge in [0.1, 0.15) is 18.0 Å². The van der Waals surface area contributed by atoms with Crippen LogP contribution in [-0.4, -0.2) is 47.0 Å². The molecule has 5 nitrogen and oxygen atoms in total. The van der Waals surface area contributed by atoms with E-state index in [0.29, 0.717) is 36.4 Å². The summed E-state index contributed by atoms with van der Waals surface area (Å²) in [7, 11) is 0. The Morgan fingerprint density at radius 2 is 2.17 bits per heavy atom. The van der Waals surface area contributed by atoms with Crippen LogP contribution in [0.2, 0.25) is 0 Å². The molecule has 2 aliphatic rings. The summed E-state index contributed by atoms with van der Waals surface area (Å²) in [5.74, 6) is 0.376. The van der Waals surface area contributed by atoms with Gasteiger partial charge >= 0.3 is 0 Å². The first-order valence-electron chi connectivity index (χ1n) is 8.17. The Hall–Kier alpha value is -1.79. The molecule has 2 aromatic rings. The van der Waals surface area contributed by atoms with Gasteiger partial charge in [0.2, 0.25) is 0 Å². The third-order valence-electron chi connectivity index (χ3n) is 5.02. The van der Waals surface area contributed by atoms with Crippen molar-refractivity contribution >= 4 is 16.7 Å². The van der Waals surface area contributed by atoms with E-state index in [1.807, 2.05) is 0 Å². The number of aliphatic hydroxyl groups excluding tert-OH is 1. The zero-order chi connectivity index (χ0) is 15.8. The van der Waals surface area contributed by atoms with Crippen molar-refractivity contribution in [2.45, 2.75) is 31.4 Å². The van der Waals surface area contributed by atoms with Crippen LogP contribution in [0.15, 0.2) is 24.5 Å². The molecule has 0 amide bonds. The van der Waals surface area contributed by atoms with Gasteiger partial charge in [-0.25, -0.2) is 14.4 Å². The van der Waals surface area contributed by atoms with Crippen molar-refractivity contribution in [3.63, 3.8) is 0 Å². The number of aliphatic hydroxyl groups is 1. The maximum atomic E-state index is 14.4. The molecule has 23 heavy (non-hydrogen) atoms. The summed E-state index contributed by atoms with van der Waals surface area (Å²) in [4.78, 5) is 10.7. The van der Waals surface area contributed by atoms with Gasteiger partial charge in [-0.15, -0.1) is 0 Å². The minimum Gasteiger partial charge on any atom is -0.393 e. The molecule has 1 N–H and O–H groups in total. The van der Waals surface area contributed by atoms with Crippen LogP contribution >= 0.6 is 0 Å². The summed E-state index contributed by atoms with van der Waals surface area (Å²) < 4.78 is 19.9. The second kappa shape index (κ2) is 6.02. The van der Waals surface area contributed by atoms with Crippen molar-refractivity contribution in [3.05, 3.63) is 30.3 Å². The van der Waals surface area contributed by atoms with Crippen molar-refractivity contribution in [1.29, 1.82) is 0 Å². The maximum Gasteiger partial charge on any atom is 0.143 e.